The molecule has 10 aromatic carbocycles. The van der Waals surface area contributed by atoms with E-state index in [0.717, 1.165) is 116 Å². The number of aryl methyl sites for hydroxylation is 2. The molecule has 4 heterocycles. The molecule has 0 fully saturated rings. The highest BCUT2D eigenvalue weighted by atomic mass is 16.5. The molecule has 2 unspecified atom stereocenters. The van der Waals surface area contributed by atoms with Crippen LogP contribution in [0.25, 0.3) is 123 Å². The molecular weight excluding hydrogens is 1120 g/mol. The topological polar surface area (TPSA) is 57.8 Å². The van der Waals surface area contributed by atoms with E-state index < -0.39 is 5.60 Å². The van der Waals surface area contributed by atoms with Gasteiger partial charge in [0.05, 0.1) is 38.8 Å². The molecule has 0 bridgehead atoms. The van der Waals surface area contributed by atoms with E-state index in [1.807, 2.05) is 0 Å². The average Bonchev–Trinajstić information content (AvgIpc) is 1.55. The zero-order valence-corrected chi connectivity index (χ0v) is 54.5. The maximum absolute atomic E-state index is 7.21. The van der Waals surface area contributed by atoms with Crippen molar-refractivity contribution in [3.8, 4) is 84.7 Å². The van der Waals surface area contributed by atoms with Crippen molar-refractivity contribution in [3.63, 3.8) is 0 Å². The van der Waals surface area contributed by atoms with Gasteiger partial charge in [-0.25, -0.2) is 15.0 Å². The second-order valence-electron chi connectivity index (χ2n) is 27.9. The number of para-hydroxylation sites is 2. The number of nitrogens with zero attached hydrogens (tertiary/aromatic N) is 5. The van der Waals surface area contributed by atoms with E-state index in [0.29, 0.717) is 17.5 Å². The van der Waals surface area contributed by atoms with Crippen LogP contribution in [0.5, 0.6) is 5.75 Å². The van der Waals surface area contributed by atoms with Crippen LogP contribution in [-0.2, 0) is 23.7 Å². The summed E-state index contributed by atoms with van der Waals surface area (Å²) in [5, 5.41) is 4.61. The lowest BCUT2D eigenvalue weighted by molar-refractivity contribution is 0.157. The minimum absolute atomic E-state index is 0.0934. The first-order chi connectivity index (χ1) is 44.6. The maximum Gasteiger partial charge on any atom is 0.166 e. The van der Waals surface area contributed by atoms with Crippen LogP contribution >= 0.6 is 0 Å². The van der Waals surface area contributed by atoms with Gasteiger partial charge in [-0.2, -0.15) is 0 Å². The molecule has 0 saturated heterocycles. The van der Waals surface area contributed by atoms with Gasteiger partial charge < -0.3 is 13.9 Å². The molecule has 13 aromatic rings. The third-order valence-corrected chi connectivity index (χ3v) is 19.4. The van der Waals surface area contributed by atoms with Crippen LogP contribution in [0.2, 0.25) is 0 Å². The zero-order valence-electron chi connectivity index (χ0n) is 54.5. The fraction of sp³-hybridized carbons (Fsp3) is 0.221. The first kappa shape index (κ1) is 58.5. The first-order valence-electron chi connectivity index (χ1n) is 33.2. The number of aromatic nitrogens is 5. The van der Waals surface area contributed by atoms with Gasteiger partial charge in [-0.15, -0.1) is 0 Å². The van der Waals surface area contributed by atoms with Gasteiger partial charge in [0.15, 0.2) is 17.5 Å². The van der Waals surface area contributed by atoms with Gasteiger partial charge in [0.1, 0.15) is 11.4 Å². The van der Waals surface area contributed by atoms with E-state index >= 15 is 0 Å². The predicted octanol–water partition coefficient (Wildman–Crippen LogP) is 22.7. The van der Waals surface area contributed by atoms with E-state index in [2.05, 4.69) is 308 Å². The summed E-state index contributed by atoms with van der Waals surface area (Å²) in [6, 6.07) is 78.9. The summed E-state index contributed by atoms with van der Waals surface area (Å²) in [5.74, 6) is 2.94. The number of fused-ring (bicyclic) bond motifs is 10. The van der Waals surface area contributed by atoms with Gasteiger partial charge in [-0.1, -0.05) is 220 Å². The average molecular weight is 1200 g/mol. The highest BCUT2D eigenvalue weighted by Gasteiger charge is 2.44. The summed E-state index contributed by atoms with van der Waals surface area (Å²) in [5.41, 5.74) is 21.7. The Balaban J connectivity index is 1.02. The minimum Gasteiger partial charge on any atom is -0.481 e. The summed E-state index contributed by atoms with van der Waals surface area (Å²) in [7, 11) is 0. The Hall–Kier alpha value is -9.91. The van der Waals surface area contributed by atoms with E-state index in [1.54, 1.807) is 0 Å². The molecule has 0 amide bonds. The molecule has 2 atom stereocenters. The molecule has 0 radical (unpaired) electrons. The molecule has 1 aliphatic heterocycles. The Labute approximate surface area is 541 Å². The van der Waals surface area contributed by atoms with Crippen molar-refractivity contribution in [1.29, 1.82) is 0 Å². The first-order valence-corrected chi connectivity index (χ1v) is 33.2. The Kier molecular flexibility index (Phi) is 14.7. The minimum atomic E-state index is -0.501. The van der Waals surface area contributed by atoms with Crippen LogP contribution in [0.3, 0.4) is 0 Å². The van der Waals surface area contributed by atoms with E-state index in [1.165, 1.54) is 60.8 Å². The lowest BCUT2D eigenvalue weighted by Crippen LogP contribution is -2.32. The molecule has 6 heteroatoms. The summed E-state index contributed by atoms with van der Waals surface area (Å²) < 4.78 is 12.1. The van der Waals surface area contributed by atoms with Crippen LogP contribution in [0.15, 0.2) is 237 Å². The molecular formula is C86H79N5O. The fourth-order valence-electron chi connectivity index (χ4n) is 14.3. The third-order valence-electron chi connectivity index (χ3n) is 19.4. The molecule has 454 valence electrons. The molecule has 0 N–H and O–H groups in total. The second-order valence-corrected chi connectivity index (χ2v) is 27.9. The van der Waals surface area contributed by atoms with Crippen molar-refractivity contribution in [2.24, 2.45) is 0 Å². The quantitative estimate of drug-likeness (QED) is 0.109. The van der Waals surface area contributed by atoms with Crippen molar-refractivity contribution in [2.75, 3.05) is 0 Å². The molecule has 92 heavy (non-hydrogen) atoms. The van der Waals surface area contributed by atoms with Crippen LogP contribution < -0.4 is 4.74 Å². The Bertz CT molecular complexity index is 4900. The number of hydrogen-bond acceptors (Lipinski definition) is 4. The van der Waals surface area contributed by atoms with Crippen LogP contribution in [0.4, 0.5) is 0 Å². The molecule has 0 saturated carbocycles. The summed E-state index contributed by atoms with van der Waals surface area (Å²) in [4.78, 5) is 17.3. The van der Waals surface area contributed by atoms with E-state index in [9.17, 15) is 0 Å². The summed E-state index contributed by atoms with van der Waals surface area (Å²) in [6.07, 6.45) is 15.1. The molecule has 2 aliphatic rings. The standard InChI is InChI=1S/C86H79N5O/c1-10-12-26-55-46-62(50-64(48-55)84(3,4)5)81-87-82(63-47-56(27-13-11-2)49-65(51-63)85(6,7)8)89-83(88-81)71-54-61(39-43-77(71)91-74-36-23-21-33-68(74)79-78(91)44-40-67-72-34-24-25-45-86(72,9)92-80(67)79)66-32-20-22-35-73(66)90-75-41-37-59(57-28-16-14-17-29-57)52-69(75)70-53-60(38-42-76(70)90)58-30-18-15-19-31-58/h14-25,28-54,72H,10-13,26-27H2,1-9H3. The molecule has 15 rings (SSSR count). The van der Waals surface area contributed by atoms with Crippen molar-refractivity contribution in [1.82, 2.24) is 24.1 Å². The number of allylic oxidation sites excluding steroid dienone is 2. The number of unbranched alkanes of at least 4 members (excludes halogenated alkanes) is 2. The number of hydrogen-bond donors (Lipinski definition) is 0. The maximum atomic E-state index is 7.21. The van der Waals surface area contributed by atoms with Crippen molar-refractivity contribution in [3.05, 3.63) is 264 Å². The van der Waals surface area contributed by atoms with Gasteiger partial charge in [-0.3, -0.25) is 0 Å². The smallest absolute Gasteiger partial charge is 0.166 e. The largest absolute Gasteiger partial charge is 0.481 e. The van der Waals surface area contributed by atoms with Gasteiger partial charge in [0.25, 0.3) is 0 Å². The van der Waals surface area contributed by atoms with Gasteiger partial charge in [0.2, 0.25) is 0 Å². The number of ether oxygens (including phenoxy) is 1. The lowest BCUT2D eigenvalue weighted by atomic mass is 9.82. The number of benzene rings is 10. The van der Waals surface area contributed by atoms with Gasteiger partial charge in [-0.05, 0) is 178 Å². The van der Waals surface area contributed by atoms with Crippen LogP contribution in [0.1, 0.15) is 122 Å². The van der Waals surface area contributed by atoms with Crippen LogP contribution in [-0.4, -0.2) is 29.7 Å². The SMILES string of the molecule is CCCCc1cc(-c2nc(-c3cc(CCCC)cc(C(C)(C)C)c3)nc(-c3cc(-c4ccccc4-n4c5ccc(-c6ccccc6)cc5c5cc(-c6ccccc6)ccc54)ccc3-n3c4ccccc4c4c5c(ccc43)C3C=CC=CC3(C)O5)n2)cc(C(C)(C)C)c1. The Morgan fingerprint density at radius 1 is 0.424 bits per heavy atom. The monoisotopic (exact) mass is 1200 g/mol. The summed E-state index contributed by atoms with van der Waals surface area (Å²) >= 11 is 0. The molecule has 6 nitrogen and oxygen atoms in total. The highest BCUT2D eigenvalue weighted by Crippen LogP contribution is 2.54. The van der Waals surface area contributed by atoms with E-state index in [-0.39, 0.29) is 16.7 Å². The molecule has 0 spiro atoms. The Morgan fingerprint density at radius 2 is 0.935 bits per heavy atom. The van der Waals surface area contributed by atoms with E-state index in [4.69, 9.17) is 19.7 Å². The summed E-state index contributed by atoms with van der Waals surface area (Å²) in [6.45, 7) is 20.6. The third kappa shape index (κ3) is 10.4. The molecule has 1 aliphatic carbocycles. The Morgan fingerprint density at radius 3 is 1.53 bits per heavy atom. The van der Waals surface area contributed by atoms with Crippen molar-refractivity contribution in [2.45, 2.75) is 123 Å². The lowest BCUT2D eigenvalue weighted by Gasteiger charge is -2.27. The van der Waals surface area contributed by atoms with Gasteiger partial charge in [0, 0.05) is 49.9 Å². The zero-order chi connectivity index (χ0) is 63.0. The number of rotatable bonds is 14. The van der Waals surface area contributed by atoms with Crippen molar-refractivity contribution >= 4 is 43.6 Å². The second kappa shape index (κ2) is 23.1. The predicted molar refractivity (Wildman–Crippen MR) is 386 cm³/mol. The van der Waals surface area contributed by atoms with Crippen LogP contribution in [0, 0.1) is 0 Å². The normalized spacial score (nSPS) is 15.4. The van der Waals surface area contributed by atoms with Crippen molar-refractivity contribution < 1.29 is 4.74 Å². The van der Waals surface area contributed by atoms with Gasteiger partial charge >= 0.3 is 0 Å². The fourth-order valence-corrected chi connectivity index (χ4v) is 14.3. The highest BCUT2D eigenvalue weighted by molar-refractivity contribution is 6.14. The molecule has 3 aromatic heterocycles.